The molecule has 0 radical (unpaired) electrons. The van der Waals surface area contributed by atoms with E-state index in [1.54, 1.807) is 17.0 Å². The molecule has 0 aliphatic carbocycles. The van der Waals surface area contributed by atoms with Gasteiger partial charge < -0.3 is 4.90 Å². The lowest BCUT2D eigenvalue weighted by molar-refractivity contribution is 0.0975. The number of amides is 1. The summed E-state index contributed by atoms with van der Waals surface area (Å²) < 4.78 is 27.6. The van der Waals surface area contributed by atoms with Gasteiger partial charge in [0.25, 0.3) is 5.91 Å². The van der Waals surface area contributed by atoms with Crippen molar-refractivity contribution in [2.24, 2.45) is 0 Å². The number of piperidine rings is 1. The maximum atomic E-state index is 14.2. The fourth-order valence-electron chi connectivity index (χ4n) is 5.08. The molecule has 2 aliphatic heterocycles. The summed E-state index contributed by atoms with van der Waals surface area (Å²) in [5.74, 6) is -0.884. The van der Waals surface area contributed by atoms with E-state index in [-0.39, 0.29) is 23.0 Å². The standard InChI is InChI=1S/C27H23F2N3O/c28-22-7-5-21(6-8-22)26(33)32-18-27(24-15-23(29)9-10-25(24)32)11-13-31(14-12-27)17-20-3-1-19(16-30)2-4-20/h1-10,15H,11-14,17-18H2. The summed E-state index contributed by atoms with van der Waals surface area (Å²) in [6.07, 6.45) is 1.62. The minimum Gasteiger partial charge on any atom is -0.307 e. The van der Waals surface area contributed by atoms with Crippen LogP contribution in [0.3, 0.4) is 0 Å². The van der Waals surface area contributed by atoms with Gasteiger partial charge in [-0.15, -0.1) is 0 Å². The van der Waals surface area contributed by atoms with E-state index in [4.69, 9.17) is 5.26 Å². The smallest absolute Gasteiger partial charge is 0.258 e. The fraction of sp³-hybridized carbons (Fsp3) is 0.259. The minimum atomic E-state index is -0.387. The number of fused-ring (bicyclic) bond motifs is 2. The molecule has 1 spiro atoms. The molecule has 3 aromatic rings. The van der Waals surface area contributed by atoms with Crippen molar-refractivity contribution in [1.29, 1.82) is 5.26 Å². The summed E-state index contributed by atoms with van der Waals surface area (Å²) in [4.78, 5) is 17.3. The van der Waals surface area contributed by atoms with Crippen molar-refractivity contribution in [3.05, 3.63) is 101 Å². The largest absolute Gasteiger partial charge is 0.307 e. The van der Waals surface area contributed by atoms with Gasteiger partial charge in [-0.05, 0) is 91.7 Å². The first-order valence-corrected chi connectivity index (χ1v) is 11.1. The number of anilines is 1. The van der Waals surface area contributed by atoms with E-state index in [0.717, 1.165) is 49.3 Å². The quantitative estimate of drug-likeness (QED) is 0.570. The molecule has 0 unspecified atom stereocenters. The molecule has 0 aromatic heterocycles. The molecule has 0 atom stereocenters. The second kappa shape index (κ2) is 8.42. The van der Waals surface area contributed by atoms with Crippen LogP contribution >= 0.6 is 0 Å². The molecule has 6 heteroatoms. The highest BCUT2D eigenvalue weighted by Gasteiger charge is 2.46. The first-order valence-electron chi connectivity index (χ1n) is 11.1. The summed E-state index contributed by atoms with van der Waals surface area (Å²) in [5.41, 5.74) is 3.54. The molecule has 1 saturated heterocycles. The highest BCUT2D eigenvalue weighted by molar-refractivity contribution is 6.07. The zero-order chi connectivity index (χ0) is 23.0. The van der Waals surface area contributed by atoms with Crippen LogP contribution in [0.1, 0.15) is 39.9 Å². The Labute approximate surface area is 191 Å². The van der Waals surface area contributed by atoms with E-state index in [0.29, 0.717) is 17.7 Å². The normalized spacial score (nSPS) is 17.1. The summed E-state index contributed by atoms with van der Waals surface area (Å²) in [6.45, 7) is 2.94. The molecule has 0 saturated carbocycles. The number of carbonyl (C=O) groups excluding carboxylic acids is 1. The molecule has 33 heavy (non-hydrogen) atoms. The van der Waals surface area contributed by atoms with Gasteiger partial charge >= 0.3 is 0 Å². The lowest BCUT2D eigenvalue weighted by Gasteiger charge is -2.40. The molecule has 1 amide bonds. The molecule has 166 valence electrons. The molecule has 0 bridgehead atoms. The number of nitriles is 1. The van der Waals surface area contributed by atoms with E-state index in [1.165, 1.54) is 30.3 Å². The molecule has 1 fully saturated rings. The zero-order valence-corrected chi connectivity index (χ0v) is 18.1. The highest BCUT2D eigenvalue weighted by atomic mass is 19.1. The van der Waals surface area contributed by atoms with E-state index in [2.05, 4.69) is 11.0 Å². The molecule has 4 nitrogen and oxygen atoms in total. The summed E-state index contributed by atoms with van der Waals surface area (Å²) in [7, 11) is 0. The van der Waals surface area contributed by atoms with Crippen LogP contribution in [0, 0.1) is 23.0 Å². The van der Waals surface area contributed by atoms with Gasteiger partial charge in [0.1, 0.15) is 11.6 Å². The van der Waals surface area contributed by atoms with Crippen LogP contribution in [0.5, 0.6) is 0 Å². The van der Waals surface area contributed by atoms with Crippen molar-refractivity contribution in [3.8, 4) is 6.07 Å². The van der Waals surface area contributed by atoms with Crippen LogP contribution in [0.25, 0.3) is 0 Å². The molecular weight excluding hydrogens is 420 g/mol. The molecule has 2 aliphatic rings. The van der Waals surface area contributed by atoms with Crippen molar-refractivity contribution in [2.75, 3.05) is 24.5 Å². The number of rotatable bonds is 3. The number of hydrogen-bond donors (Lipinski definition) is 0. The van der Waals surface area contributed by atoms with Gasteiger partial charge in [0.15, 0.2) is 0 Å². The predicted molar refractivity (Wildman–Crippen MR) is 122 cm³/mol. The lowest BCUT2D eigenvalue weighted by atomic mass is 9.74. The summed E-state index contributed by atoms with van der Waals surface area (Å²) in [5, 5.41) is 8.98. The highest BCUT2D eigenvalue weighted by Crippen LogP contribution is 2.47. The van der Waals surface area contributed by atoms with Crippen LogP contribution < -0.4 is 4.90 Å². The second-order valence-corrected chi connectivity index (χ2v) is 8.92. The van der Waals surface area contributed by atoms with E-state index in [1.807, 2.05) is 24.3 Å². The molecule has 2 heterocycles. The Morgan fingerprint density at radius 3 is 2.27 bits per heavy atom. The first kappa shape index (κ1) is 21.3. The number of likely N-dealkylation sites (tertiary alicyclic amines) is 1. The number of benzene rings is 3. The van der Waals surface area contributed by atoms with Gasteiger partial charge in [0.2, 0.25) is 0 Å². The van der Waals surface area contributed by atoms with E-state index in [9.17, 15) is 13.6 Å². The van der Waals surface area contributed by atoms with Crippen LogP contribution in [-0.2, 0) is 12.0 Å². The van der Waals surface area contributed by atoms with Gasteiger partial charge in [-0.1, -0.05) is 12.1 Å². The third-order valence-corrected chi connectivity index (χ3v) is 6.92. The Hall–Kier alpha value is -3.56. The number of halogens is 2. The number of carbonyl (C=O) groups is 1. The average Bonchev–Trinajstić information content (AvgIpc) is 3.14. The SMILES string of the molecule is N#Cc1ccc(CN2CCC3(CC2)CN(C(=O)c2ccc(F)cc2)c2ccc(F)cc23)cc1. The van der Waals surface area contributed by atoms with Crippen molar-refractivity contribution < 1.29 is 13.6 Å². The van der Waals surface area contributed by atoms with Gasteiger partial charge in [-0.25, -0.2) is 8.78 Å². The molecule has 3 aromatic carbocycles. The third kappa shape index (κ3) is 4.01. The Morgan fingerprint density at radius 2 is 1.61 bits per heavy atom. The first-order chi connectivity index (χ1) is 16.0. The Bertz CT molecular complexity index is 1220. The third-order valence-electron chi connectivity index (χ3n) is 6.92. The lowest BCUT2D eigenvalue weighted by Crippen LogP contribution is -2.45. The van der Waals surface area contributed by atoms with Crippen molar-refractivity contribution in [1.82, 2.24) is 4.90 Å². The van der Waals surface area contributed by atoms with Gasteiger partial charge in [-0.2, -0.15) is 5.26 Å². The van der Waals surface area contributed by atoms with Gasteiger partial charge in [-0.3, -0.25) is 9.69 Å². The summed E-state index contributed by atoms with van der Waals surface area (Å²) in [6, 6.07) is 20.0. The average molecular weight is 443 g/mol. The van der Waals surface area contributed by atoms with E-state index >= 15 is 0 Å². The molecular formula is C27H23F2N3O. The molecule has 5 rings (SSSR count). The van der Waals surface area contributed by atoms with E-state index < -0.39 is 0 Å². The Balaban J connectivity index is 1.36. The monoisotopic (exact) mass is 443 g/mol. The number of nitrogens with zero attached hydrogens (tertiary/aromatic N) is 3. The van der Waals surface area contributed by atoms with Gasteiger partial charge in [0.05, 0.1) is 11.6 Å². The van der Waals surface area contributed by atoms with Crippen LogP contribution in [0.15, 0.2) is 66.7 Å². The van der Waals surface area contributed by atoms with Crippen LogP contribution in [0.4, 0.5) is 14.5 Å². The maximum Gasteiger partial charge on any atom is 0.258 e. The van der Waals surface area contributed by atoms with Crippen molar-refractivity contribution in [3.63, 3.8) is 0 Å². The van der Waals surface area contributed by atoms with Crippen molar-refractivity contribution in [2.45, 2.75) is 24.8 Å². The second-order valence-electron chi connectivity index (χ2n) is 8.92. The minimum absolute atomic E-state index is 0.195. The Morgan fingerprint density at radius 1 is 0.939 bits per heavy atom. The fourth-order valence-corrected chi connectivity index (χ4v) is 5.08. The topological polar surface area (TPSA) is 47.3 Å². The Kier molecular flexibility index (Phi) is 5.43. The predicted octanol–water partition coefficient (Wildman–Crippen LogP) is 5.03. The zero-order valence-electron chi connectivity index (χ0n) is 18.1. The van der Waals surface area contributed by atoms with Crippen LogP contribution in [-0.4, -0.2) is 30.4 Å². The van der Waals surface area contributed by atoms with Gasteiger partial charge in [0, 0.05) is 29.8 Å². The maximum absolute atomic E-state index is 14.2. The van der Waals surface area contributed by atoms with Crippen molar-refractivity contribution >= 4 is 11.6 Å². The van der Waals surface area contributed by atoms with Crippen LogP contribution in [0.2, 0.25) is 0 Å². The number of hydrogen-bond acceptors (Lipinski definition) is 3. The summed E-state index contributed by atoms with van der Waals surface area (Å²) >= 11 is 0. The molecule has 0 N–H and O–H groups in total.